The molecule has 1 atom stereocenters. The van der Waals surface area contributed by atoms with Gasteiger partial charge in [0.2, 0.25) is 0 Å². The van der Waals surface area contributed by atoms with Crippen LogP contribution in [-0.2, 0) is 11.8 Å². The minimum atomic E-state index is 0.150. The van der Waals surface area contributed by atoms with Gasteiger partial charge in [-0.15, -0.1) is 5.10 Å². The first-order valence-corrected chi connectivity index (χ1v) is 4.78. The highest BCUT2D eigenvalue weighted by atomic mass is 16.5. The monoisotopic (exact) mass is 198 g/mol. The van der Waals surface area contributed by atoms with Gasteiger partial charge in [0.1, 0.15) is 0 Å². The summed E-state index contributed by atoms with van der Waals surface area (Å²) in [6, 6.07) is 0.150. The van der Waals surface area contributed by atoms with Crippen LogP contribution in [0, 0.1) is 0 Å². The minimum absolute atomic E-state index is 0.150. The van der Waals surface area contributed by atoms with Crippen molar-refractivity contribution in [1.82, 2.24) is 20.3 Å². The number of ether oxygens (including phenoxy) is 1. The molecule has 0 spiro atoms. The number of hydrogen-bond donors (Lipinski definition) is 1. The number of rotatable bonds is 5. The molecule has 1 unspecified atom stereocenters. The number of nitrogens with zero attached hydrogens (tertiary/aromatic N) is 3. The molecule has 0 aliphatic carbocycles. The Morgan fingerprint density at radius 3 is 2.71 bits per heavy atom. The van der Waals surface area contributed by atoms with E-state index >= 15 is 0 Å². The fourth-order valence-electron chi connectivity index (χ4n) is 1.22. The molecule has 0 radical (unpaired) electrons. The van der Waals surface area contributed by atoms with Crippen molar-refractivity contribution in [2.75, 3.05) is 13.7 Å². The van der Waals surface area contributed by atoms with E-state index in [1.807, 2.05) is 27.9 Å². The quantitative estimate of drug-likeness (QED) is 0.748. The van der Waals surface area contributed by atoms with Crippen LogP contribution in [0.5, 0.6) is 0 Å². The first-order chi connectivity index (χ1) is 6.65. The van der Waals surface area contributed by atoms with Gasteiger partial charge in [-0.25, -0.2) is 0 Å². The molecule has 1 heterocycles. The van der Waals surface area contributed by atoms with Gasteiger partial charge in [0, 0.05) is 7.05 Å². The van der Waals surface area contributed by atoms with Gasteiger partial charge in [0.25, 0.3) is 0 Å². The standard InChI is InChI=1S/C9H18N4O/c1-7(2)14-6-8(10-3)9-5-11-12-13(9)4/h5,7-8,10H,6H2,1-4H3. The van der Waals surface area contributed by atoms with Crippen molar-refractivity contribution in [3.8, 4) is 0 Å². The normalized spacial score (nSPS) is 13.5. The molecule has 1 N–H and O–H groups in total. The van der Waals surface area contributed by atoms with E-state index in [-0.39, 0.29) is 12.1 Å². The SMILES string of the molecule is CNC(COC(C)C)c1cnnn1C. The fraction of sp³-hybridized carbons (Fsp3) is 0.778. The first kappa shape index (κ1) is 11.1. The third-order valence-electron chi connectivity index (χ3n) is 2.05. The lowest BCUT2D eigenvalue weighted by Gasteiger charge is -2.17. The van der Waals surface area contributed by atoms with Crippen molar-refractivity contribution < 1.29 is 4.74 Å². The molecule has 5 nitrogen and oxygen atoms in total. The molecular weight excluding hydrogens is 180 g/mol. The maximum atomic E-state index is 5.54. The zero-order valence-corrected chi connectivity index (χ0v) is 9.19. The molecule has 0 aliphatic rings. The molecule has 0 fully saturated rings. The highest BCUT2D eigenvalue weighted by Gasteiger charge is 2.14. The Labute approximate surface area is 84.4 Å². The largest absolute Gasteiger partial charge is 0.377 e. The van der Waals surface area contributed by atoms with Gasteiger partial charge in [-0.1, -0.05) is 5.21 Å². The molecule has 0 amide bonds. The summed E-state index contributed by atoms with van der Waals surface area (Å²) in [6.45, 7) is 4.68. The highest BCUT2D eigenvalue weighted by molar-refractivity contribution is 5.01. The Morgan fingerprint density at radius 1 is 1.57 bits per heavy atom. The lowest BCUT2D eigenvalue weighted by molar-refractivity contribution is 0.0611. The maximum Gasteiger partial charge on any atom is 0.0776 e. The Hall–Kier alpha value is -0.940. The summed E-state index contributed by atoms with van der Waals surface area (Å²) in [5, 5.41) is 10.9. The van der Waals surface area contributed by atoms with Gasteiger partial charge < -0.3 is 10.1 Å². The van der Waals surface area contributed by atoms with Crippen molar-refractivity contribution in [3.63, 3.8) is 0 Å². The Balaban J connectivity index is 2.58. The molecule has 0 aromatic carbocycles. The molecule has 14 heavy (non-hydrogen) atoms. The van der Waals surface area contributed by atoms with Gasteiger partial charge in [-0.3, -0.25) is 4.68 Å². The number of aromatic nitrogens is 3. The van der Waals surface area contributed by atoms with Gasteiger partial charge in [-0.2, -0.15) is 0 Å². The second kappa shape index (κ2) is 5.07. The fourth-order valence-corrected chi connectivity index (χ4v) is 1.22. The molecule has 1 aromatic rings. The van der Waals surface area contributed by atoms with Crippen LogP contribution in [0.2, 0.25) is 0 Å². The summed E-state index contributed by atoms with van der Waals surface area (Å²) in [7, 11) is 3.78. The summed E-state index contributed by atoms with van der Waals surface area (Å²) in [6.07, 6.45) is 2.00. The van der Waals surface area contributed by atoms with Crippen LogP contribution in [0.25, 0.3) is 0 Å². The molecule has 80 valence electrons. The molecular formula is C9H18N4O. The van der Waals surface area contributed by atoms with Gasteiger partial charge in [0.15, 0.2) is 0 Å². The number of nitrogens with one attached hydrogen (secondary N) is 1. The van der Waals surface area contributed by atoms with Crippen LogP contribution in [0.15, 0.2) is 6.20 Å². The zero-order chi connectivity index (χ0) is 10.6. The average Bonchev–Trinajstić information content (AvgIpc) is 2.53. The lowest BCUT2D eigenvalue weighted by atomic mass is 10.2. The van der Waals surface area contributed by atoms with Crippen molar-refractivity contribution in [2.45, 2.75) is 26.0 Å². The maximum absolute atomic E-state index is 5.54. The molecule has 1 aromatic heterocycles. The summed E-state index contributed by atoms with van der Waals surface area (Å²) in [5.41, 5.74) is 1.04. The first-order valence-electron chi connectivity index (χ1n) is 4.78. The van der Waals surface area contributed by atoms with Crippen molar-refractivity contribution >= 4 is 0 Å². The summed E-state index contributed by atoms with van der Waals surface area (Å²) in [5.74, 6) is 0. The predicted molar refractivity (Wildman–Crippen MR) is 53.9 cm³/mol. The van der Waals surface area contributed by atoms with Crippen molar-refractivity contribution in [1.29, 1.82) is 0 Å². The van der Waals surface area contributed by atoms with Crippen LogP contribution in [0.1, 0.15) is 25.6 Å². The van der Waals surface area contributed by atoms with E-state index in [0.29, 0.717) is 6.61 Å². The van der Waals surface area contributed by atoms with Crippen LogP contribution in [0.3, 0.4) is 0 Å². The molecule has 5 heteroatoms. The summed E-state index contributed by atoms with van der Waals surface area (Å²) < 4.78 is 7.30. The molecule has 0 saturated heterocycles. The third-order valence-corrected chi connectivity index (χ3v) is 2.05. The van der Waals surface area contributed by atoms with E-state index in [4.69, 9.17) is 4.74 Å². The summed E-state index contributed by atoms with van der Waals surface area (Å²) in [4.78, 5) is 0. The van der Waals surface area contributed by atoms with E-state index in [1.54, 1.807) is 10.9 Å². The molecule has 0 saturated carbocycles. The number of aryl methyl sites for hydroxylation is 1. The third kappa shape index (κ3) is 2.78. The van der Waals surface area contributed by atoms with Gasteiger partial charge in [0.05, 0.1) is 30.6 Å². The lowest BCUT2D eigenvalue weighted by Crippen LogP contribution is -2.25. The van der Waals surface area contributed by atoms with E-state index in [1.165, 1.54) is 0 Å². The van der Waals surface area contributed by atoms with Crippen LogP contribution < -0.4 is 5.32 Å². The Kier molecular flexibility index (Phi) is 4.03. The van der Waals surface area contributed by atoms with E-state index in [9.17, 15) is 0 Å². The Morgan fingerprint density at radius 2 is 2.29 bits per heavy atom. The van der Waals surface area contributed by atoms with Crippen LogP contribution in [0.4, 0.5) is 0 Å². The predicted octanol–water partition coefficient (Wildman–Crippen LogP) is 0.501. The topological polar surface area (TPSA) is 52.0 Å². The Bertz CT molecular complexity index is 272. The smallest absolute Gasteiger partial charge is 0.0776 e. The van der Waals surface area contributed by atoms with Crippen LogP contribution >= 0.6 is 0 Å². The van der Waals surface area contributed by atoms with Crippen molar-refractivity contribution in [2.24, 2.45) is 7.05 Å². The highest BCUT2D eigenvalue weighted by Crippen LogP contribution is 2.10. The van der Waals surface area contributed by atoms with Crippen molar-refractivity contribution in [3.05, 3.63) is 11.9 Å². The summed E-state index contributed by atoms with van der Waals surface area (Å²) >= 11 is 0. The second-order valence-electron chi connectivity index (χ2n) is 3.51. The minimum Gasteiger partial charge on any atom is -0.377 e. The van der Waals surface area contributed by atoms with E-state index in [2.05, 4.69) is 15.6 Å². The van der Waals surface area contributed by atoms with Gasteiger partial charge in [-0.05, 0) is 20.9 Å². The van der Waals surface area contributed by atoms with Crippen LogP contribution in [-0.4, -0.2) is 34.8 Å². The zero-order valence-electron chi connectivity index (χ0n) is 9.19. The average molecular weight is 198 g/mol. The second-order valence-corrected chi connectivity index (χ2v) is 3.51. The number of hydrogen-bond acceptors (Lipinski definition) is 4. The van der Waals surface area contributed by atoms with E-state index < -0.39 is 0 Å². The molecule has 1 rings (SSSR count). The molecule has 0 bridgehead atoms. The van der Waals surface area contributed by atoms with Gasteiger partial charge >= 0.3 is 0 Å². The number of likely N-dealkylation sites (N-methyl/N-ethyl adjacent to an activating group) is 1. The molecule has 0 aliphatic heterocycles. The van der Waals surface area contributed by atoms with E-state index in [0.717, 1.165) is 5.69 Å².